The molecular weight excluding hydrogens is 287 g/mol. The SMILES string of the molecule is Fc1ccc(Cl)cc1NC1CCN(Cc2ccccc2)C1. The van der Waals surface area contributed by atoms with Gasteiger partial charge in [-0.15, -0.1) is 0 Å². The van der Waals surface area contributed by atoms with Crippen LogP contribution in [0.15, 0.2) is 48.5 Å². The van der Waals surface area contributed by atoms with E-state index < -0.39 is 0 Å². The van der Waals surface area contributed by atoms with E-state index in [1.807, 2.05) is 6.07 Å². The fraction of sp³-hybridized carbons (Fsp3) is 0.294. The van der Waals surface area contributed by atoms with Gasteiger partial charge in [-0.25, -0.2) is 4.39 Å². The van der Waals surface area contributed by atoms with E-state index in [4.69, 9.17) is 11.6 Å². The average Bonchev–Trinajstić information content (AvgIpc) is 2.91. The highest BCUT2D eigenvalue weighted by Crippen LogP contribution is 2.23. The van der Waals surface area contributed by atoms with Gasteiger partial charge < -0.3 is 5.32 Å². The summed E-state index contributed by atoms with van der Waals surface area (Å²) in [4.78, 5) is 2.38. The third-order valence-electron chi connectivity index (χ3n) is 3.81. The van der Waals surface area contributed by atoms with Gasteiger partial charge in [0.05, 0.1) is 5.69 Å². The molecule has 1 N–H and O–H groups in total. The Morgan fingerprint density at radius 2 is 2.00 bits per heavy atom. The molecule has 3 rings (SSSR count). The van der Waals surface area contributed by atoms with Crippen molar-refractivity contribution < 1.29 is 4.39 Å². The number of likely N-dealkylation sites (tertiary alicyclic amines) is 1. The van der Waals surface area contributed by atoms with Crippen LogP contribution in [0.1, 0.15) is 12.0 Å². The number of benzene rings is 2. The minimum Gasteiger partial charge on any atom is -0.379 e. The Labute approximate surface area is 129 Å². The van der Waals surface area contributed by atoms with Gasteiger partial charge in [-0.1, -0.05) is 41.9 Å². The molecule has 0 saturated carbocycles. The van der Waals surface area contributed by atoms with Gasteiger partial charge in [0.15, 0.2) is 0 Å². The topological polar surface area (TPSA) is 15.3 Å². The molecule has 0 radical (unpaired) electrons. The quantitative estimate of drug-likeness (QED) is 0.912. The monoisotopic (exact) mass is 304 g/mol. The van der Waals surface area contributed by atoms with E-state index in [-0.39, 0.29) is 11.9 Å². The van der Waals surface area contributed by atoms with Crippen molar-refractivity contribution in [1.82, 2.24) is 4.90 Å². The van der Waals surface area contributed by atoms with Crippen molar-refractivity contribution >= 4 is 17.3 Å². The summed E-state index contributed by atoms with van der Waals surface area (Å²) >= 11 is 5.92. The molecule has 1 aliphatic rings. The molecule has 4 heteroatoms. The van der Waals surface area contributed by atoms with E-state index in [0.29, 0.717) is 10.7 Å². The van der Waals surface area contributed by atoms with E-state index in [2.05, 4.69) is 34.5 Å². The molecule has 1 saturated heterocycles. The summed E-state index contributed by atoms with van der Waals surface area (Å²) in [6.07, 6.45) is 1.01. The lowest BCUT2D eigenvalue weighted by molar-refractivity contribution is 0.328. The van der Waals surface area contributed by atoms with Crippen molar-refractivity contribution in [2.45, 2.75) is 19.0 Å². The number of nitrogens with zero attached hydrogens (tertiary/aromatic N) is 1. The van der Waals surface area contributed by atoms with Gasteiger partial charge in [0, 0.05) is 30.7 Å². The van der Waals surface area contributed by atoms with E-state index in [1.165, 1.54) is 11.6 Å². The first-order chi connectivity index (χ1) is 10.2. The third kappa shape index (κ3) is 3.74. The van der Waals surface area contributed by atoms with E-state index in [9.17, 15) is 4.39 Å². The molecule has 0 aromatic heterocycles. The zero-order valence-corrected chi connectivity index (χ0v) is 12.5. The molecule has 1 heterocycles. The van der Waals surface area contributed by atoms with Crippen LogP contribution in [0.4, 0.5) is 10.1 Å². The van der Waals surface area contributed by atoms with E-state index in [1.54, 1.807) is 12.1 Å². The highest BCUT2D eigenvalue weighted by molar-refractivity contribution is 6.30. The van der Waals surface area contributed by atoms with E-state index in [0.717, 1.165) is 26.1 Å². The first-order valence-corrected chi connectivity index (χ1v) is 7.56. The standard InChI is InChI=1S/C17H18ClFN2/c18-14-6-7-16(19)17(10-14)20-15-8-9-21(12-15)11-13-4-2-1-3-5-13/h1-7,10,15,20H,8-9,11-12H2. The van der Waals surface area contributed by atoms with Crippen LogP contribution in [0.3, 0.4) is 0 Å². The average molecular weight is 305 g/mol. The zero-order valence-electron chi connectivity index (χ0n) is 11.7. The second-order valence-corrected chi connectivity index (χ2v) is 5.91. The van der Waals surface area contributed by atoms with Gasteiger partial charge in [0.1, 0.15) is 5.82 Å². The normalized spacial score (nSPS) is 18.9. The number of nitrogens with one attached hydrogen (secondary N) is 1. The van der Waals surface area contributed by atoms with Gasteiger partial charge in [-0.3, -0.25) is 4.90 Å². The summed E-state index contributed by atoms with van der Waals surface area (Å²) < 4.78 is 13.7. The third-order valence-corrected chi connectivity index (χ3v) is 4.04. The Hall–Kier alpha value is -1.58. The lowest BCUT2D eigenvalue weighted by atomic mass is 10.2. The maximum Gasteiger partial charge on any atom is 0.146 e. The van der Waals surface area contributed by atoms with Gasteiger partial charge >= 0.3 is 0 Å². The van der Waals surface area contributed by atoms with Crippen LogP contribution in [0.25, 0.3) is 0 Å². The minimum absolute atomic E-state index is 0.249. The zero-order chi connectivity index (χ0) is 14.7. The number of anilines is 1. The largest absolute Gasteiger partial charge is 0.379 e. The molecule has 0 aliphatic carbocycles. The van der Waals surface area contributed by atoms with Gasteiger partial charge in [-0.2, -0.15) is 0 Å². The van der Waals surface area contributed by atoms with Crippen molar-refractivity contribution in [2.75, 3.05) is 18.4 Å². The predicted molar refractivity (Wildman–Crippen MR) is 85.2 cm³/mol. The lowest BCUT2D eigenvalue weighted by Crippen LogP contribution is -2.26. The Morgan fingerprint density at radius 3 is 2.81 bits per heavy atom. The number of rotatable bonds is 4. The molecule has 1 fully saturated rings. The van der Waals surface area contributed by atoms with Crippen LogP contribution in [0.5, 0.6) is 0 Å². The maximum absolute atomic E-state index is 13.7. The first-order valence-electron chi connectivity index (χ1n) is 7.18. The van der Waals surface area contributed by atoms with Crippen molar-refractivity contribution in [3.05, 3.63) is 64.9 Å². The summed E-state index contributed by atoms with van der Waals surface area (Å²) in [7, 11) is 0. The molecule has 0 spiro atoms. The van der Waals surface area contributed by atoms with Crippen LogP contribution in [-0.4, -0.2) is 24.0 Å². The summed E-state index contributed by atoms with van der Waals surface area (Å²) in [5, 5.41) is 3.82. The summed E-state index contributed by atoms with van der Waals surface area (Å²) in [5.41, 5.74) is 1.81. The molecular formula is C17H18ClFN2. The van der Waals surface area contributed by atoms with Crippen LogP contribution in [-0.2, 0) is 6.54 Å². The molecule has 1 unspecified atom stereocenters. The smallest absolute Gasteiger partial charge is 0.146 e. The van der Waals surface area contributed by atoms with Crippen LogP contribution in [0, 0.1) is 5.82 Å². The Morgan fingerprint density at radius 1 is 1.19 bits per heavy atom. The number of halogens is 2. The molecule has 1 atom stereocenters. The van der Waals surface area contributed by atoms with Crippen molar-refractivity contribution in [3.63, 3.8) is 0 Å². The molecule has 2 nitrogen and oxygen atoms in total. The second kappa shape index (κ2) is 6.46. The lowest BCUT2D eigenvalue weighted by Gasteiger charge is -2.18. The molecule has 1 aliphatic heterocycles. The first kappa shape index (κ1) is 14.4. The Kier molecular flexibility index (Phi) is 4.42. The highest BCUT2D eigenvalue weighted by atomic mass is 35.5. The highest BCUT2D eigenvalue weighted by Gasteiger charge is 2.23. The summed E-state index contributed by atoms with van der Waals surface area (Å²) in [5.74, 6) is -0.249. The van der Waals surface area contributed by atoms with Crippen molar-refractivity contribution in [1.29, 1.82) is 0 Å². The molecule has 0 bridgehead atoms. The molecule has 2 aromatic carbocycles. The van der Waals surface area contributed by atoms with Gasteiger partial charge in [0.2, 0.25) is 0 Å². The van der Waals surface area contributed by atoms with Crippen LogP contribution in [0.2, 0.25) is 5.02 Å². The Bertz CT molecular complexity index is 603. The molecule has 0 amide bonds. The van der Waals surface area contributed by atoms with E-state index >= 15 is 0 Å². The van der Waals surface area contributed by atoms with Crippen molar-refractivity contribution in [3.8, 4) is 0 Å². The van der Waals surface area contributed by atoms with Crippen LogP contribution >= 0.6 is 11.6 Å². The summed E-state index contributed by atoms with van der Waals surface area (Å²) in [6.45, 7) is 2.88. The predicted octanol–water partition coefficient (Wildman–Crippen LogP) is 4.17. The fourth-order valence-corrected chi connectivity index (χ4v) is 2.94. The Balaban J connectivity index is 1.58. The number of hydrogen-bond donors (Lipinski definition) is 1. The molecule has 2 aromatic rings. The minimum atomic E-state index is -0.249. The fourth-order valence-electron chi connectivity index (χ4n) is 2.76. The van der Waals surface area contributed by atoms with Gasteiger partial charge in [-0.05, 0) is 30.2 Å². The number of hydrogen-bond acceptors (Lipinski definition) is 2. The van der Waals surface area contributed by atoms with Crippen molar-refractivity contribution in [2.24, 2.45) is 0 Å². The maximum atomic E-state index is 13.7. The molecule has 110 valence electrons. The molecule has 21 heavy (non-hydrogen) atoms. The van der Waals surface area contributed by atoms with Gasteiger partial charge in [0.25, 0.3) is 0 Å². The second-order valence-electron chi connectivity index (χ2n) is 5.47. The van der Waals surface area contributed by atoms with Crippen LogP contribution < -0.4 is 5.32 Å². The summed E-state index contributed by atoms with van der Waals surface area (Å²) in [6, 6.07) is 15.3.